The zero-order chi connectivity index (χ0) is 14.3. The van der Waals surface area contributed by atoms with Crippen LogP contribution in [0, 0.1) is 5.92 Å². The predicted octanol–water partition coefficient (Wildman–Crippen LogP) is 3.34. The molecule has 1 aliphatic rings. The normalized spacial score (nSPS) is 15.3. The molecule has 3 rings (SSSR count). The quantitative estimate of drug-likeness (QED) is 0.839. The van der Waals surface area contributed by atoms with Crippen molar-refractivity contribution < 1.29 is 4.79 Å². The zero-order valence-electron chi connectivity index (χ0n) is 11.9. The van der Waals surface area contributed by atoms with Gasteiger partial charge in [0.05, 0.1) is 5.56 Å². The fourth-order valence-electron chi connectivity index (χ4n) is 2.72. The van der Waals surface area contributed by atoms with E-state index in [0.717, 1.165) is 10.8 Å². The third-order valence-electron chi connectivity index (χ3n) is 4.20. The summed E-state index contributed by atoms with van der Waals surface area (Å²) in [4.78, 5) is 12.5. The number of carbonyl (C=O) groups is 1. The Hall–Kier alpha value is -2.03. The maximum atomic E-state index is 12.5. The second-order valence-corrected chi connectivity index (χ2v) is 6.24. The van der Waals surface area contributed by atoms with E-state index in [1.54, 1.807) is 0 Å². The Morgan fingerprint density at radius 2 is 1.80 bits per heavy atom. The molecule has 0 unspecified atom stereocenters. The SMILES string of the molecule is CC(C)(NC(=O)c1cc2ccccc2cc1N)C1CC1. The molecule has 2 aromatic carbocycles. The lowest BCUT2D eigenvalue weighted by atomic mass is 9.97. The number of benzene rings is 2. The molecule has 1 saturated carbocycles. The summed E-state index contributed by atoms with van der Waals surface area (Å²) in [5, 5.41) is 5.22. The molecule has 0 spiro atoms. The minimum absolute atomic E-state index is 0.0786. The molecule has 3 N–H and O–H groups in total. The van der Waals surface area contributed by atoms with Gasteiger partial charge in [0.2, 0.25) is 0 Å². The molecule has 0 bridgehead atoms. The van der Waals surface area contributed by atoms with Crippen LogP contribution in [0.1, 0.15) is 37.0 Å². The summed E-state index contributed by atoms with van der Waals surface area (Å²) in [5.41, 5.74) is 6.98. The van der Waals surface area contributed by atoms with Gasteiger partial charge in [0.25, 0.3) is 5.91 Å². The summed E-state index contributed by atoms with van der Waals surface area (Å²) in [6.45, 7) is 4.17. The van der Waals surface area contributed by atoms with Crippen LogP contribution < -0.4 is 11.1 Å². The Bertz CT molecular complexity index is 672. The number of fused-ring (bicyclic) bond motifs is 1. The van der Waals surface area contributed by atoms with Gasteiger partial charge >= 0.3 is 0 Å². The number of hydrogen-bond donors (Lipinski definition) is 2. The Labute approximate surface area is 119 Å². The van der Waals surface area contributed by atoms with Crippen molar-refractivity contribution in [1.29, 1.82) is 0 Å². The van der Waals surface area contributed by atoms with Crippen molar-refractivity contribution in [2.24, 2.45) is 5.92 Å². The van der Waals surface area contributed by atoms with E-state index in [-0.39, 0.29) is 11.4 Å². The van der Waals surface area contributed by atoms with E-state index in [1.807, 2.05) is 36.4 Å². The zero-order valence-corrected chi connectivity index (χ0v) is 11.9. The molecule has 2 aromatic rings. The van der Waals surface area contributed by atoms with Crippen LogP contribution in [0.15, 0.2) is 36.4 Å². The molecule has 0 radical (unpaired) electrons. The van der Waals surface area contributed by atoms with Gasteiger partial charge < -0.3 is 11.1 Å². The van der Waals surface area contributed by atoms with Crippen LogP contribution in [0.5, 0.6) is 0 Å². The smallest absolute Gasteiger partial charge is 0.253 e. The lowest BCUT2D eigenvalue weighted by Crippen LogP contribution is -2.45. The molecule has 0 saturated heterocycles. The van der Waals surface area contributed by atoms with Gasteiger partial charge in [-0.05, 0) is 55.5 Å². The van der Waals surface area contributed by atoms with Crippen LogP contribution in [0.3, 0.4) is 0 Å². The number of nitrogens with one attached hydrogen (secondary N) is 1. The van der Waals surface area contributed by atoms with Gasteiger partial charge in [0.15, 0.2) is 0 Å². The van der Waals surface area contributed by atoms with Gasteiger partial charge in [-0.25, -0.2) is 0 Å². The van der Waals surface area contributed by atoms with Crippen LogP contribution in [-0.4, -0.2) is 11.4 Å². The lowest BCUT2D eigenvalue weighted by molar-refractivity contribution is 0.0904. The van der Waals surface area contributed by atoms with Crippen LogP contribution in [0.2, 0.25) is 0 Å². The van der Waals surface area contributed by atoms with Gasteiger partial charge in [0, 0.05) is 11.2 Å². The van der Waals surface area contributed by atoms with Gasteiger partial charge in [-0.1, -0.05) is 24.3 Å². The second kappa shape index (κ2) is 4.51. The fraction of sp³-hybridized carbons (Fsp3) is 0.353. The van der Waals surface area contributed by atoms with Crippen LogP contribution in [0.25, 0.3) is 10.8 Å². The predicted molar refractivity (Wildman–Crippen MR) is 82.6 cm³/mol. The van der Waals surface area contributed by atoms with E-state index in [0.29, 0.717) is 17.2 Å². The molecule has 3 heteroatoms. The van der Waals surface area contributed by atoms with E-state index >= 15 is 0 Å². The molecule has 104 valence electrons. The highest BCUT2D eigenvalue weighted by atomic mass is 16.1. The second-order valence-electron chi connectivity index (χ2n) is 6.24. The summed E-state index contributed by atoms with van der Waals surface area (Å²) in [6.07, 6.45) is 2.39. The van der Waals surface area contributed by atoms with E-state index < -0.39 is 0 Å². The number of hydrogen-bond acceptors (Lipinski definition) is 2. The highest BCUT2D eigenvalue weighted by Crippen LogP contribution is 2.39. The van der Waals surface area contributed by atoms with E-state index in [4.69, 9.17) is 5.73 Å². The number of nitrogens with two attached hydrogens (primary N) is 1. The first-order chi connectivity index (χ1) is 9.47. The first-order valence-corrected chi connectivity index (χ1v) is 7.08. The summed E-state index contributed by atoms with van der Waals surface area (Å²) < 4.78 is 0. The number of anilines is 1. The molecule has 1 aliphatic carbocycles. The molecule has 3 nitrogen and oxygen atoms in total. The number of carbonyl (C=O) groups excluding carboxylic acids is 1. The Morgan fingerprint density at radius 1 is 1.20 bits per heavy atom. The summed E-state index contributed by atoms with van der Waals surface area (Å²) >= 11 is 0. The minimum atomic E-state index is -0.158. The summed E-state index contributed by atoms with van der Waals surface area (Å²) in [6, 6.07) is 11.7. The number of nitrogen functional groups attached to an aromatic ring is 1. The largest absolute Gasteiger partial charge is 0.398 e. The standard InChI is InChI=1S/C17H20N2O/c1-17(2,13-7-8-13)19-16(20)14-9-11-5-3-4-6-12(11)10-15(14)18/h3-6,9-10,13H,7-8,18H2,1-2H3,(H,19,20). The highest BCUT2D eigenvalue weighted by molar-refractivity contribution is 6.04. The molecule has 0 heterocycles. The lowest BCUT2D eigenvalue weighted by Gasteiger charge is -2.26. The molecular weight excluding hydrogens is 248 g/mol. The van der Waals surface area contributed by atoms with Crippen molar-refractivity contribution >= 4 is 22.4 Å². The third kappa shape index (κ3) is 2.36. The van der Waals surface area contributed by atoms with Crippen molar-refractivity contribution in [3.63, 3.8) is 0 Å². The van der Waals surface area contributed by atoms with Crippen molar-refractivity contribution in [3.05, 3.63) is 42.0 Å². The Morgan fingerprint density at radius 3 is 2.40 bits per heavy atom. The summed E-state index contributed by atoms with van der Waals surface area (Å²) in [7, 11) is 0. The summed E-state index contributed by atoms with van der Waals surface area (Å²) in [5.74, 6) is 0.512. The number of rotatable bonds is 3. The molecule has 0 atom stereocenters. The first kappa shape index (κ1) is 13.0. The highest BCUT2D eigenvalue weighted by Gasteiger charge is 2.39. The maximum absolute atomic E-state index is 12.5. The monoisotopic (exact) mass is 268 g/mol. The molecule has 1 amide bonds. The van der Waals surface area contributed by atoms with Crippen molar-refractivity contribution in [2.75, 3.05) is 5.73 Å². The molecule has 20 heavy (non-hydrogen) atoms. The molecular formula is C17H20N2O. The van der Waals surface area contributed by atoms with E-state index in [9.17, 15) is 4.79 Å². The Balaban J connectivity index is 1.92. The van der Waals surface area contributed by atoms with Gasteiger partial charge in [-0.15, -0.1) is 0 Å². The minimum Gasteiger partial charge on any atom is -0.398 e. The van der Waals surface area contributed by atoms with Crippen molar-refractivity contribution in [1.82, 2.24) is 5.32 Å². The average Bonchev–Trinajstić information content (AvgIpc) is 3.21. The maximum Gasteiger partial charge on any atom is 0.253 e. The average molecular weight is 268 g/mol. The third-order valence-corrected chi connectivity index (χ3v) is 4.20. The van der Waals surface area contributed by atoms with Crippen molar-refractivity contribution in [2.45, 2.75) is 32.2 Å². The van der Waals surface area contributed by atoms with Gasteiger partial charge in [0.1, 0.15) is 0 Å². The first-order valence-electron chi connectivity index (χ1n) is 7.08. The van der Waals surface area contributed by atoms with E-state index in [2.05, 4.69) is 19.2 Å². The van der Waals surface area contributed by atoms with Gasteiger partial charge in [-0.3, -0.25) is 4.79 Å². The van der Waals surface area contributed by atoms with E-state index in [1.165, 1.54) is 12.8 Å². The van der Waals surface area contributed by atoms with Crippen molar-refractivity contribution in [3.8, 4) is 0 Å². The Kier molecular flexibility index (Phi) is 2.93. The molecule has 1 fully saturated rings. The van der Waals surface area contributed by atoms with Crippen LogP contribution in [-0.2, 0) is 0 Å². The molecule has 0 aromatic heterocycles. The topological polar surface area (TPSA) is 55.1 Å². The molecule has 0 aliphatic heterocycles. The van der Waals surface area contributed by atoms with Crippen LogP contribution in [0.4, 0.5) is 5.69 Å². The van der Waals surface area contributed by atoms with Crippen LogP contribution >= 0.6 is 0 Å². The fourth-order valence-corrected chi connectivity index (χ4v) is 2.72. The number of amides is 1. The van der Waals surface area contributed by atoms with Gasteiger partial charge in [-0.2, -0.15) is 0 Å².